The number of aromatic hydroxyl groups is 1. The first kappa shape index (κ1) is 27.2. The number of hydrogen-bond acceptors (Lipinski definition) is 7. The van der Waals surface area contributed by atoms with Crippen LogP contribution in [-0.4, -0.2) is 101 Å². The Bertz CT molecular complexity index is 1330. The zero-order valence-electron chi connectivity index (χ0n) is 22.6. The number of phenols is 1. The van der Waals surface area contributed by atoms with E-state index in [4.69, 9.17) is 21.3 Å². The molecule has 2 saturated heterocycles. The van der Waals surface area contributed by atoms with E-state index in [1.54, 1.807) is 9.80 Å². The number of fused-ring (bicyclic) bond motifs is 2. The Morgan fingerprint density at radius 3 is 2.67 bits per heavy atom. The molecule has 2 fully saturated rings. The number of pyridine rings is 1. The highest BCUT2D eigenvalue weighted by molar-refractivity contribution is 6.35. The van der Waals surface area contributed by atoms with E-state index in [-0.39, 0.29) is 64.4 Å². The summed E-state index contributed by atoms with van der Waals surface area (Å²) in [6, 6.07) is 3.71. The average Bonchev–Trinajstić information content (AvgIpc) is 3.13. The van der Waals surface area contributed by atoms with E-state index in [0.29, 0.717) is 25.5 Å². The Morgan fingerprint density at radius 1 is 1.28 bits per heavy atom. The van der Waals surface area contributed by atoms with E-state index in [9.17, 15) is 14.7 Å². The number of anilines is 1. The maximum atomic E-state index is 15.1. The minimum Gasteiger partial charge on any atom is -0.507 e. The predicted molar refractivity (Wildman–Crippen MR) is 147 cm³/mol. The molecule has 4 heterocycles. The summed E-state index contributed by atoms with van der Waals surface area (Å²) in [4.78, 5) is 38.8. The third kappa shape index (κ3) is 4.39. The molecular weight excluding hydrogens is 525 g/mol. The lowest BCUT2D eigenvalue weighted by molar-refractivity contribution is -0.128. The van der Waals surface area contributed by atoms with Crippen LogP contribution in [0.4, 0.5) is 10.2 Å². The monoisotopic (exact) mass is 557 g/mol. The van der Waals surface area contributed by atoms with Crippen molar-refractivity contribution in [3.8, 4) is 22.8 Å². The Morgan fingerprint density at radius 2 is 2.03 bits per heavy atom. The molecule has 0 radical (unpaired) electrons. The number of benzene rings is 1. The van der Waals surface area contributed by atoms with Gasteiger partial charge in [-0.25, -0.2) is 9.37 Å². The van der Waals surface area contributed by atoms with Gasteiger partial charge in [-0.3, -0.25) is 9.59 Å². The lowest BCUT2D eigenvalue weighted by Crippen LogP contribution is -2.57. The number of amides is 2. The van der Waals surface area contributed by atoms with Crippen LogP contribution in [-0.2, 0) is 4.79 Å². The quantitative estimate of drug-likeness (QED) is 0.576. The van der Waals surface area contributed by atoms with Crippen LogP contribution in [0, 0.1) is 5.82 Å². The van der Waals surface area contributed by atoms with E-state index in [1.807, 2.05) is 19.0 Å². The van der Waals surface area contributed by atoms with Crippen molar-refractivity contribution in [2.45, 2.75) is 37.9 Å². The number of nitrogens with zero attached hydrogens (tertiary/aromatic N) is 5. The first-order chi connectivity index (χ1) is 18.5. The highest BCUT2D eigenvalue weighted by Crippen LogP contribution is 2.48. The van der Waals surface area contributed by atoms with Gasteiger partial charge in [-0.2, -0.15) is 0 Å². The molecule has 3 aliphatic heterocycles. The number of aromatic nitrogens is 1. The number of ether oxygens (including phenoxy) is 1. The first-order valence-electron chi connectivity index (χ1n) is 13.0. The van der Waals surface area contributed by atoms with Crippen molar-refractivity contribution in [2.24, 2.45) is 0 Å². The van der Waals surface area contributed by atoms with Crippen LogP contribution >= 0.6 is 11.6 Å². The van der Waals surface area contributed by atoms with E-state index in [2.05, 4.69) is 25.3 Å². The van der Waals surface area contributed by atoms with Crippen LogP contribution in [0.25, 0.3) is 11.3 Å². The number of phenolic OH excluding ortho intramolecular Hbond substituents is 1. The van der Waals surface area contributed by atoms with Gasteiger partial charge in [0, 0.05) is 32.2 Å². The first-order valence-corrected chi connectivity index (χ1v) is 13.4. The lowest BCUT2D eigenvalue weighted by atomic mass is 9.94. The molecule has 3 aliphatic rings. The summed E-state index contributed by atoms with van der Waals surface area (Å²) in [6.45, 7) is 9.35. The SMILES string of the molecule is C=CC(=O)N1CCN2C(=O)c3c(N4CCC(N(C)C)C4(C)C)nc(-c4c(O)cccc4F)c(Cl)c3OC[C@H]2C1. The zero-order valence-corrected chi connectivity index (χ0v) is 23.3. The molecule has 2 amide bonds. The van der Waals surface area contributed by atoms with E-state index in [1.165, 1.54) is 24.3 Å². The fourth-order valence-electron chi connectivity index (χ4n) is 6.23. The number of carbonyl (C=O) groups excluding carboxylic acids is 2. The van der Waals surface area contributed by atoms with Crippen molar-refractivity contribution in [3.05, 3.63) is 47.3 Å². The van der Waals surface area contributed by atoms with Crippen molar-refractivity contribution in [2.75, 3.05) is 51.8 Å². The molecule has 1 unspecified atom stereocenters. The summed E-state index contributed by atoms with van der Waals surface area (Å²) in [5.74, 6) is -1.11. The van der Waals surface area contributed by atoms with Gasteiger partial charge in [-0.15, -0.1) is 0 Å². The third-order valence-corrected chi connectivity index (χ3v) is 8.53. The Hall–Kier alpha value is -3.37. The summed E-state index contributed by atoms with van der Waals surface area (Å²) in [6.07, 6.45) is 2.08. The largest absolute Gasteiger partial charge is 0.507 e. The molecule has 11 heteroatoms. The number of halogens is 2. The van der Waals surface area contributed by atoms with Gasteiger partial charge in [-0.05, 0) is 52.6 Å². The molecule has 1 N–H and O–H groups in total. The Labute approximate surface area is 232 Å². The molecule has 5 rings (SSSR count). The van der Waals surface area contributed by atoms with Crippen molar-refractivity contribution < 1.29 is 23.8 Å². The van der Waals surface area contributed by atoms with Crippen LogP contribution < -0.4 is 9.64 Å². The summed E-state index contributed by atoms with van der Waals surface area (Å²) >= 11 is 6.83. The summed E-state index contributed by atoms with van der Waals surface area (Å²) in [7, 11) is 4.02. The third-order valence-electron chi connectivity index (χ3n) is 8.18. The highest BCUT2D eigenvalue weighted by Gasteiger charge is 2.47. The van der Waals surface area contributed by atoms with Crippen LogP contribution in [0.2, 0.25) is 5.02 Å². The molecule has 208 valence electrons. The average molecular weight is 558 g/mol. The standard InChI is InChI=1S/C28H33ClFN5O4/c1-6-20(37)33-12-13-34-16(14-33)15-39-25-22(27(34)38)26(35-11-10-19(32(4)5)28(35,2)3)31-24(23(25)29)21-17(30)8-7-9-18(21)36/h6-9,16,19,36H,1,10-15H2,2-5H3/t16-,19?/m1/s1. The fourth-order valence-corrected chi connectivity index (χ4v) is 6.51. The molecular formula is C28H33ClFN5O4. The molecule has 39 heavy (non-hydrogen) atoms. The van der Waals surface area contributed by atoms with E-state index < -0.39 is 17.4 Å². The second-order valence-electron chi connectivity index (χ2n) is 11.0. The predicted octanol–water partition coefficient (Wildman–Crippen LogP) is 3.40. The number of rotatable bonds is 4. The maximum Gasteiger partial charge on any atom is 0.261 e. The number of carbonyl (C=O) groups is 2. The van der Waals surface area contributed by atoms with Gasteiger partial charge in [0.1, 0.15) is 40.3 Å². The van der Waals surface area contributed by atoms with Gasteiger partial charge in [-0.1, -0.05) is 24.2 Å². The number of piperazine rings is 1. The molecule has 0 spiro atoms. The Balaban J connectivity index is 1.70. The van der Waals surface area contributed by atoms with Gasteiger partial charge in [0.05, 0.1) is 17.1 Å². The molecule has 0 saturated carbocycles. The zero-order chi connectivity index (χ0) is 28.2. The highest BCUT2D eigenvalue weighted by atomic mass is 35.5. The summed E-state index contributed by atoms with van der Waals surface area (Å²) < 4.78 is 21.3. The summed E-state index contributed by atoms with van der Waals surface area (Å²) in [5, 5.41) is 10.6. The Kier molecular flexibility index (Phi) is 6.97. The normalized spacial score (nSPS) is 22.3. The summed E-state index contributed by atoms with van der Waals surface area (Å²) in [5.41, 5.74) is -0.402. The molecule has 2 atom stereocenters. The minimum absolute atomic E-state index is 0.00116. The fraction of sp³-hybridized carbons (Fsp3) is 0.464. The van der Waals surface area contributed by atoms with Crippen LogP contribution in [0.15, 0.2) is 30.9 Å². The molecule has 2 aromatic rings. The van der Waals surface area contributed by atoms with Crippen molar-refractivity contribution >= 4 is 29.2 Å². The molecule has 0 aliphatic carbocycles. The minimum atomic E-state index is -0.696. The number of hydrogen-bond donors (Lipinski definition) is 1. The smallest absolute Gasteiger partial charge is 0.261 e. The maximum absolute atomic E-state index is 15.1. The van der Waals surface area contributed by atoms with Gasteiger partial charge >= 0.3 is 0 Å². The second kappa shape index (κ2) is 9.98. The second-order valence-corrected chi connectivity index (χ2v) is 11.3. The van der Waals surface area contributed by atoms with E-state index in [0.717, 1.165) is 6.42 Å². The van der Waals surface area contributed by atoms with Gasteiger partial charge < -0.3 is 29.4 Å². The number of likely N-dealkylation sites (N-methyl/N-ethyl adjacent to an activating group) is 1. The van der Waals surface area contributed by atoms with Gasteiger partial charge in [0.2, 0.25) is 5.91 Å². The lowest BCUT2D eigenvalue weighted by Gasteiger charge is -2.41. The van der Waals surface area contributed by atoms with Crippen molar-refractivity contribution in [1.82, 2.24) is 19.7 Å². The topological polar surface area (TPSA) is 89.5 Å². The van der Waals surface area contributed by atoms with Crippen molar-refractivity contribution in [1.29, 1.82) is 0 Å². The molecule has 1 aromatic carbocycles. The van der Waals surface area contributed by atoms with Gasteiger partial charge in [0.25, 0.3) is 5.91 Å². The van der Waals surface area contributed by atoms with Gasteiger partial charge in [0.15, 0.2) is 5.75 Å². The molecule has 0 bridgehead atoms. The van der Waals surface area contributed by atoms with E-state index >= 15 is 4.39 Å². The van der Waals surface area contributed by atoms with Crippen LogP contribution in [0.3, 0.4) is 0 Å². The van der Waals surface area contributed by atoms with Crippen LogP contribution in [0.5, 0.6) is 11.5 Å². The molecule has 1 aromatic heterocycles. The van der Waals surface area contributed by atoms with Crippen LogP contribution in [0.1, 0.15) is 30.6 Å². The molecule has 9 nitrogen and oxygen atoms in total. The van der Waals surface area contributed by atoms with Crippen molar-refractivity contribution in [3.63, 3.8) is 0 Å².